The van der Waals surface area contributed by atoms with Gasteiger partial charge in [0.05, 0.1) is 24.9 Å². The maximum Gasteiger partial charge on any atom is 0.331 e. The molecule has 30 heavy (non-hydrogen) atoms. The van der Waals surface area contributed by atoms with Gasteiger partial charge in [-0.2, -0.15) is 0 Å². The molecule has 0 unspecified atom stereocenters. The fourth-order valence-corrected chi connectivity index (χ4v) is 8.74. The van der Waals surface area contributed by atoms with Crippen LogP contribution in [0.1, 0.15) is 71.6 Å². The van der Waals surface area contributed by atoms with Crippen molar-refractivity contribution in [2.24, 2.45) is 34.5 Å². The van der Waals surface area contributed by atoms with Crippen LogP contribution >= 0.6 is 0 Å². The molecular weight excluding hydrogens is 380 g/mol. The van der Waals surface area contributed by atoms with Crippen LogP contribution in [0.25, 0.3) is 0 Å². The normalized spacial score (nSPS) is 50.3. The van der Waals surface area contributed by atoms with Crippen molar-refractivity contribution in [3.05, 3.63) is 11.6 Å². The summed E-state index contributed by atoms with van der Waals surface area (Å²) in [4.78, 5) is 11.7. The van der Waals surface area contributed by atoms with Gasteiger partial charge in [-0.25, -0.2) is 4.79 Å². The van der Waals surface area contributed by atoms with Gasteiger partial charge < -0.3 is 19.7 Å². The van der Waals surface area contributed by atoms with Gasteiger partial charge in [-0.1, -0.05) is 13.8 Å². The average Bonchev–Trinajstić information content (AvgIpc) is 3.26. The molecule has 1 heterocycles. The Morgan fingerprint density at radius 2 is 1.93 bits per heavy atom. The molecule has 0 saturated heterocycles. The number of esters is 1. The number of hydrogen-bond acceptors (Lipinski definition) is 5. The number of ether oxygens (including phenoxy) is 2. The molecule has 1 aliphatic heterocycles. The number of carbonyl (C=O) groups is 1. The quantitative estimate of drug-likeness (QED) is 0.682. The lowest BCUT2D eigenvalue weighted by molar-refractivity contribution is -0.210. The summed E-state index contributed by atoms with van der Waals surface area (Å²) in [5, 5.41) is 21.3. The number of fused-ring (bicyclic) bond motifs is 5. The van der Waals surface area contributed by atoms with Crippen molar-refractivity contribution in [2.75, 3.05) is 19.8 Å². The van der Waals surface area contributed by atoms with Gasteiger partial charge >= 0.3 is 5.97 Å². The fraction of sp³-hybridized carbons (Fsp3) is 0.880. The van der Waals surface area contributed by atoms with Crippen LogP contribution in [0, 0.1) is 34.5 Å². The van der Waals surface area contributed by atoms with Crippen LogP contribution in [0.15, 0.2) is 11.6 Å². The Morgan fingerprint density at radius 3 is 2.67 bits per heavy atom. The number of hydrogen-bond donors (Lipinski definition) is 2. The Balaban J connectivity index is 1.38. The smallest absolute Gasteiger partial charge is 0.331 e. The topological polar surface area (TPSA) is 76.0 Å². The number of carbonyl (C=O) groups excluding carboxylic acids is 1. The zero-order valence-electron chi connectivity index (χ0n) is 18.6. The van der Waals surface area contributed by atoms with Crippen molar-refractivity contribution >= 4 is 5.97 Å². The van der Waals surface area contributed by atoms with Crippen molar-refractivity contribution in [1.82, 2.24) is 0 Å². The van der Waals surface area contributed by atoms with Crippen molar-refractivity contribution in [3.8, 4) is 0 Å². The van der Waals surface area contributed by atoms with E-state index in [1.54, 1.807) is 6.08 Å². The lowest BCUT2D eigenvalue weighted by Gasteiger charge is -2.63. The van der Waals surface area contributed by atoms with Gasteiger partial charge in [-0.15, -0.1) is 0 Å². The molecule has 0 spiro atoms. The minimum atomic E-state index is -0.634. The van der Waals surface area contributed by atoms with E-state index in [1.165, 1.54) is 19.3 Å². The summed E-state index contributed by atoms with van der Waals surface area (Å²) in [6, 6.07) is 0. The Kier molecular flexibility index (Phi) is 5.11. The zero-order chi connectivity index (χ0) is 21.1. The first-order chi connectivity index (χ1) is 14.3. The van der Waals surface area contributed by atoms with Crippen molar-refractivity contribution in [1.29, 1.82) is 0 Å². The number of rotatable bonds is 4. The summed E-state index contributed by atoms with van der Waals surface area (Å²) < 4.78 is 11.1. The highest BCUT2D eigenvalue weighted by molar-refractivity contribution is 5.85. The van der Waals surface area contributed by atoms with Crippen molar-refractivity contribution < 1.29 is 24.5 Å². The molecule has 5 aliphatic rings. The second kappa shape index (κ2) is 7.31. The molecule has 8 atom stereocenters. The monoisotopic (exact) mass is 418 g/mol. The second-order valence-corrected chi connectivity index (χ2v) is 11.3. The van der Waals surface area contributed by atoms with E-state index < -0.39 is 5.60 Å². The number of cyclic esters (lactones) is 1. The number of aliphatic hydroxyl groups is 2. The van der Waals surface area contributed by atoms with Gasteiger partial charge in [-0.05, 0) is 92.4 Å². The summed E-state index contributed by atoms with van der Waals surface area (Å²) in [6.45, 7) is 5.74. The lowest BCUT2D eigenvalue weighted by atomic mass is 9.43. The highest BCUT2D eigenvalue weighted by Gasteiger charge is 2.67. The van der Waals surface area contributed by atoms with Gasteiger partial charge in [0.15, 0.2) is 0 Å². The Bertz CT molecular complexity index is 733. The summed E-state index contributed by atoms with van der Waals surface area (Å²) >= 11 is 0. The zero-order valence-corrected chi connectivity index (χ0v) is 18.6. The first-order valence-corrected chi connectivity index (χ1v) is 12.1. The van der Waals surface area contributed by atoms with E-state index in [9.17, 15) is 9.90 Å². The molecule has 0 aromatic carbocycles. The van der Waals surface area contributed by atoms with Gasteiger partial charge in [0, 0.05) is 11.5 Å². The highest BCUT2D eigenvalue weighted by Crippen LogP contribution is 2.69. The molecule has 5 rings (SSSR count). The molecule has 5 nitrogen and oxygen atoms in total. The molecule has 0 aromatic heterocycles. The highest BCUT2D eigenvalue weighted by atomic mass is 16.5. The van der Waals surface area contributed by atoms with Crippen molar-refractivity contribution in [2.45, 2.75) is 83.3 Å². The molecule has 4 fully saturated rings. The first kappa shape index (κ1) is 21.0. The Hall–Kier alpha value is -0.910. The van der Waals surface area contributed by atoms with E-state index in [1.807, 2.05) is 0 Å². The molecule has 4 aliphatic carbocycles. The standard InChI is InChI=1S/C25H38O5/c1-23-8-5-18(29-12-11-26)14-17(23)3-4-21-20(23)6-9-24(2)19(7-10-25(21,24)28)16-13-22(27)30-15-16/h13,17-21,26,28H,3-12,14-15H2,1-2H3/t17-,18+,19-,20+,21-,23+,24-,25+/m1/s1. The molecule has 0 amide bonds. The molecular formula is C25H38O5. The van der Waals surface area contributed by atoms with Gasteiger partial charge in [0.2, 0.25) is 0 Å². The van der Waals surface area contributed by atoms with E-state index in [0.29, 0.717) is 31.0 Å². The van der Waals surface area contributed by atoms with E-state index in [-0.39, 0.29) is 35.4 Å². The van der Waals surface area contributed by atoms with E-state index in [0.717, 1.165) is 44.1 Å². The van der Waals surface area contributed by atoms with Crippen LogP contribution in [0.3, 0.4) is 0 Å². The van der Waals surface area contributed by atoms with Crippen LogP contribution in [0.4, 0.5) is 0 Å². The average molecular weight is 419 g/mol. The number of aliphatic hydroxyl groups excluding tert-OH is 1. The van der Waals surface area contributed by atoms with Crippen LogP contribution in [-0.4, -0.2) is 47.7 Å². The van der Waals surface area contributed by atoms with Crippen LogP contribution in [-0.2, 0) is 14.3 Å². The van der Waals surface area contributed by atoms with E-state index in [2.05, 4.69) is 13.8 Å². The molecule has 2 N–H and O–H groups in total. The summed E-state index contributed by atoms with van der Waals surface area (Å²) in [5.41, 5.74) is 0.602. The van der Waals surface area contributed by atoms with Gasteiger partial charge in [0.25, 0.3) is 0 Å². The Labute approximate surface area is 180 Å². The molecule has 168 valence electrons. The van der Waals surface area contributed by atoms with E-state index in [4.69, 9.17) is 14.6 Å². The minimum Gasteiger partial charge on any atom is -0.458 e. The van der Waals surface area contributed by atoms with Crippen LogP contribution < -0.4 is 0 Å². The maximum atomic E-state index is 12.2. The maximum absolute atomic E-state index is 12.2. The third-order valence-electron chi connectivity index (χ3n) is 10.4. The molecule has 4 saturated carbocycles. The van der Waals surface area contributed by atoms with Gasteiger partial charge in [-0.3, -0.25) is 0 Å². The predicted octanol–water partition coefficient (Wildman–Crippen LogP) is 3.62. The molecule has 0 aromatic rings. The molecule has 0 radical (unpaired) electrons. The summed E-state index contributed by atoms with van der Waals surface area (Å²) in [5.74, 6) is 1.64. The third-order valence-corrected chi connectivity index (χ3v) is 10.4. The SMILES string of the molecule is C[C@]12CC[C@H](OCCO)C[C@H]1CC[C@@H]1[C@@H]2CC[C@]2(C)[C@@H](C3=CC(=O)OC3)CC[C@]12O. The second-order valence-electron chi connectivity index (χ2n) is 11.3. The van der Waals surface area contributed by atoms with Crippen LogP contribution in [0.5, 0.6) is 0 Å². The Morgan fingerprint density at radius 1 is 1.10 bits per heavy atom. The predicted molar refractivity (Wildman–Crippen MR) is 113 cm³/mol. The van der Waals surface area contributed by atoms with E-state index >= 15 is 0 Å². The summed E-state index contributed by atoms with van der Waals surface area (Å²) in [6.07, 6.45) is 11.6. The van der Waals surface area contributed by atoms with Gasteiger partial charge in [0.1, 0.15) is 6.61 Å². The third kappa shape index (κ3) is 2.87. The fourth-order valence-electron chi connectivity index (χ4n) is 8.74. The largest absolute Gasteiger partial charge is 0.458 e. The summed E-state index contributed by atoms with van der Waals surface area (Å²) in [7, 11) is 0. The lowest BCUT2D eigenvalue weighted by Crippen LogP contribution is -2.62. The minimum absolute atomic E-state index is 0.100. The molecule has 5 heteroatoms. The first-order valence-electron chi connectivity index (χ1n) is 12.1. The van der Waals surface area contributed by atoms with Crippen LogP contribution in [0.2, 0.25) is 0 Å². The van der Waals surface area contributed by atoms with Crippen molar-refractivity contribution in [3.63, 3.8) is 0 Å². The molecule has 0 bridgehead atoms.